The topological polar surface area (TPSA) is 64.3 Å². The number of nitrogens with zero attached hydrogens (tertiary/aromatic N) is 4. The van der Waals surface area contributed by atoms with Gasteiger partial charge in [0.1, 0.15) is 12.1 Å². The summed E-state index contributed by atoms with van der Waals surface area (Å²) in [5, 5.41) is 7.70. The Balaban J connectivity index is 1.92. The van der Waals surface area contributed by atoms with E-state index in [1.165, 1.54) is 12.7 Å². The van der Waals surface area contributed by atoms with E-state index in [1.807, 2.05) is 13.0 Å². The second-order valence-electron chi connectivity index (χ2n) is 4.71. The quantitative estimate of drug-likeness (QED) is 0.888. The SMILES string of the molecule is COC1CCCC1Nc1cc(C)nc2ncnn12. The molecule has 2 atom stereocenters. The summed E-state index contributed by atoms with van der Waals surface area (Å²) >= 11 is 0. The molecule has 6 heteroatoms. The van der Waals surface area contributed by atoms with Gasteiger partial charge in [-0.2, -0.15) is 14.6 Å². The van der Waals surface area contributed by atoms with Gasteiger partial charge in [0.25, 0.3) is 5.78 Å². The summed E-state index contributed by atoms with van der Waals surface area (Å²) in [5.74, 6) is 1.56. The Kier molecular flexibility index (Phi) is 2.87. The first kappa shape index (κ1) is 11.4. The van der Waals surface area contributed by atoms with Crippen molar-refractivity contribution in [3.63, 3.8) is 0 Å². The maximum absolute atomic E-state index is 5.50. The lowest BCUT2D eigenvalue weighted by Crippen LogP contribution is -2.30. The minimum Gasteiger partial charge on any atom is -0.379 e. The Hall–Kier alpha value is -1.69. The lowest BCUT2D eigenvalue weighted by atomic mass is 10.2. The molecule has 2 heterocycles. The summed E-state index contributed by atoms with van der Waals surface area (Å²) in [6.07, 6.45) is 5.22. The predicted octanol–water partition coefficient (Wildman–Crippen LogP) is 1.41. The summed E-state index contributed by atoms with van der Waals surface area (Å²) in [7, 11) is 1.77. The van der Waals surface area contributed by atoms with Gasteiger partial charge in [-0.3, -0.25) is 0 Å². The Morgan fingerprint density at radius 2 is 2.33 bits per heavy atom. The fraction of sp³-hybridized carbons (Fsp3) is 0.583. The number of ether oxygens (including phenoxy) is 1. The zero-order valence-electron chi connectivity index (χ0n) is 10.6. The van der Waals surface area contributed by atoms with Crippen molar-refractivity contribution in [1.29, 1.82) is 0 Å². The third-order valence-electron chi connectivity index (χ3n) is 3.47. The van der Waals surface area contributed by atoms with Crippen molar-refractivity contribution in [2.45, 2.75) is 38.3 Å². The van der Waals surface area contributed by atoms with E-state index in [0.717, 1.165) is 24.4 Å². The number of fused-ring (bicyclic) bond motifs is 1. The number of rotatable bonds is 3. The largest absolute Gasteiger partial charge is 0.379 e. The van der Waals surface area contributed by atoms with E-state index in [1.54, 1.807) is 11.6 Å². The molecule has 0 saturated heterocycles. The number of methoxy groups -OCH3 is 1. The molecule has 0 aromatic carbocycles. The number of nitrogens with one attached hydrogen (secondary N) is 1. The van der Waals surface area contributed by atoms with Crippen LogP contribution in [0.25, 0.3) is 5.78 Å². The van der Waals surface area contributed by atoms with Gasteiger partial charge in [-0.1, -0.05) is 0 Å². The van der Waals surface area contributed by atoms with Crippen molar-refractivity contribution in [2.75, 3.05) is 12.4 Å². The Labute approximate surface area is 105 Å². The Morgan fingerprint density at radius 1 is 1.44 bits per heavy atom. The maximum Gasteiger partial charge on any atom is 0.254 e. The molecular formula is C12H17N5O. The van der Waals surface area contributed by atoms with Crippen molar-refractivity contribution in [2.24, 2.45) is 0 Å². The summed E-state index contributed by atoms with van der Waals surface area (Å²) in [4.78, 5) is 8.45. The van der Waals surface area contributed by atoms with Gasteiger partial charge in [0.15, 0.2) is 0 Å². The van der Waals surface area contributed by atoms with Gasteiger partial charge in [-0.05, 0) is 26.2 Å². The van der Waals surface area contributed by atoms with Crippen LogP contribution >= 0.6 is 0 Å². The third-order valence-corrected chi connectivity index (χ3v) is 3.47. The van der Waals surface area contributed by atoms with Crippen LogP contribution in [-0.4, -0.2) is 38.8 Å². The molecule has 0 radical (unpaired) electrons. The average molecular weight is 247 g/mol. The van der Waals surface area contributed by atoms with E-state index >= 15 is 0 Å². The van der Waals surface area contributed by atoms with Crippen LogP contribution in [0.4, 0.5) is 5.82 Å². The summed E-state index contributed by atoms with van der Waals surface area (Å²) in [5.41, 5.74) is 0.935. The van der Waals surface area contributed by atoms with Crippen LogP contribution in [0.1, 0.15) is 25.0 Å². The van der Waals surface area contributed by atoms with E-state index in [9.17, 15) is 0 Å². The molecule has 1 saturated carbocycles. The molecular weight excluding hydrogens is 230 g/mol. The van der Waals surface area contributed by atoms with Gasteiger partial charge in [0.2, 0.25) is 0 Å². The highest BCUT2D eigenvalue weighted by Gasteiger charge is 2.27. The zero-order valence-corrected chi connectivity index (χ0v) is 10.6. The third kappa shape index (κ3) is 1.92. The van der Waals surface area contributed by atoms with Crippen LogP contribution in [-0.2, 0) is 4.74 Å². The fourth-order valence-corrected chi connectivity index (χ4v) is 2.60. The molecule has 0 amide bonds. The second kappa shape index (κ2) is 4.53. The molecule has 2 unspecified atom stereocenters. The van der Waals surface area contributed by atoms with Crippen LogP contribution in [0.3, 0.4) is 0 Å². The highest BCUT2D eigenvalue weighted by Crippen LogP contribution is 2.25. The van der Waals surface area contributed by atoms with E-state index < -0.39 is 0 Å². The van der Waals surface area contributed by atoms with E-state index in [4.69, 9.17) is 4.74 Å². The van der Waals surface area contributed by atoms with Crippen LogP contribution < -0.4 is 5.32 Å². The molecule has 1 N–H and O–H groups in total. The number of hydrogen-bond donors (Lipinski definition) is 1. The van der Waals surface area contributed by atoms with Gasteiger partial charge in [0, 0.05) is 18.9 Å². The first-order valence-electron chi connectivity index (χ1n) is 6.24. The maximum atomic E-state index is 5.50. The van der Waals surface area contributed by atoms with Gasteiger partial charge in [0.05, 0.1) is 12.1 Å². The van der Waals surface area contributed by atoms with E-state index in [-0.39, 0.29) is 6.10 Å². The molecule has 6 nitrogen and oxygen atoms in total. The normalized spacial score (nSPS) is 23.7. The van der Waals surface area contributed by atoms with Crippen LogP contribution in [0.5, 0.6) is 0 Å². The van der Waals surface area contributed by atoms with Crippen LogP contribution in [0, 0.1) is 6.92 Å². The molecule has 1 fully saturated rings. The van der Waals surface area contributed by atoms with Crippen molar-refractivity contribution >= 4 is 11.6 Å². The van der Waals surface area contributed by atoms with Crippen molar-refractivity contribution in [3.05, 3.63) is 18.1 Å². The van der Waals surface area contributed by atoms with Crippen molar-refractivity contribution < 1.29 is 4.74 Å². The van der Waals surface area contributed by atoms with Gasteiger partial charge in [-0.25, -0.2) is 4.98 Å². The number of hydrogen-bond acceptors (Lipinski definition) is 5. The second-order valence-corrected chi connectivity index (χ2v) is 4.71. The van der Waals surface area contributed by atoms with E-state index in [2.05, 4.69) is 20.4 Å². The molecule has 0 bridgehead atoms. The predicted molar refractivity (Wildman–Crippen MR) is 67.6 cm³/mol. The smallest absolute Gasteiger partial charge is 0.254 e. The van der Waals surface area contributed by atoms with E-state index in [0.29, 0.717) is 11.8 Å². The molecule has 96 valence electrons. The molecule has 1 aliphatic carbocycles. The molecule has 3 rings (SSSR count). The molecule has 0 spiro atoms. The average Bonchev–Trinajstić information content (AvgIpc) is 2.96. The molecule has 1 aliphatic rings. The molecule has 2 aromatic heterocycles. The summed E-state index contributed by atoms with van der Waals surface area (Å²) < 4.78 is 7.23. The number of aromatic nitrogens is 4. The zero-order chi connectivity index (χ0) is 12.5. The van der Waals surface area contributed by atoms with Crippen molar-refractivity contribution in [3.8, 4) is 0 Å². The van der Waals surface area contributed by atoms with Gasteiger partial charge < -0.3 is 10.1 Å². The summed E-state index contributed by atoms with van der Waals surface area (Å²) in [6.45, 7) is 1.96. The van der Waals surface area contributed by atoms with Gasteiger partial charge >= 0.3 is 0 Å². The Morgan fingerprint density at radius 3 is 3.17 bits per heavy atom. The minimum atomic E-state index is 0.275. The first-order chi connectivity index (χ1) is 8.78. The lowest BCUT2D eigenvalue weighted by molar-refractivity contribution is 0.101. The highest BCUT2D eigenvalue weighted by molar-refractivity contribution is 5.45. The fourth-order valence-electron chi connectivity index (χ4n) is 2.60. The van der Waals surface area contributed by atoms with Crippen LogP contribution in [0.2, 0.25) is 0 Å². The summed E-state index contributed by atoms with van der Waals surface area (Å²) in [6, 6.07) is 2.33. The molecule has 0 aliphatic heterocycles. The highest BCUT2D eigenvalue weighted by atomic mass is 16.5. The Bertz CT molecular complexity index is 552. The van der Waals surface area contributed by atoms with Crippen LogP contribution in [0.15, 0.2) is 12.4 Å². The standard InChI is InChI=1S/C12H17N5O/c1-8-6-11(17-12(15-8)13-7-14-17)16-9-4-3-5-10(9)18-2/h6-7,9-10,16H,3-5H2,1-2H3. The monoisotopic (exact) mass is 247 g/mol. The lowest BCUT2D eigenvalue weighted by Gasteiger charge is -2.21. The number of anilines is 1. The molecule has 18 heavy (non-hydrogen) atoms. The molecule has 2 aromatic rings. The van der Waals surface area contributed by atoms with Crippen molar-refractivity contribution in [1.82, 2.24) is 19.6 Å². The first-order valence-corrected chi connectivity index (χ1v) is 6.24. The van der Waals surface area contributed by atoms with Gasteiger partial charge in [-0.15, -0.1) is 0 Å². The minimum absolute atomic E-state index is 0.275. The number of aryl methyl sites for hydroxylation is 1.